The van der Waals surface area contributed by atoms with Crippen molar-refractivity contribution in [3.8, 4) is 0 Å². The highest BCUT2D eigenvalue weighted by Crippen LogP contribution is 2.22. The lowest BCUT2D eigenvalue weighted by Crippen LogP contribution is -1.98. The number of hydrogen-bond acceptors (Lipinski definition) is 3. The second-order valence-electron chi connectivity index (χ2n) is 4.26. The Morgan fingerprint density at radius 2 is 2.05 bits per heavy atom. The van der Waals surface area contributed by atoms with Crippen molar-refractivity contribution in [1.29, 1.82) is 0 Å². The van der Waals surface area contributed by atoms with Gasteiger partial charge in [0, 0.05) is 27.0 Å². The van der Waals surface area contributed by atoms with Crippen molar-refractivity contribution in [3.05, 3.63) is 50.7 Å². The molecule has 3 nitrogen and oxygen atoms in total. The third-order valence-electron chi connectivity index (χ3n) is 2.68. The first kappa shape index (κ1) is 13.9. The molecule has 19 heavy (non-hydrogen) atoms. The van der Waals surface area contributed by atoms with Gasteiger partial charge in [0.1, 0.15) is 0 Å². The molecule has 5 heteroatoms. The minimum atomic E-state index is -0.799. The van der Waals surface area contributed by atoms with Crippen LogP contribution in [0.2, 0.25) is 5.02 Å². The molecule has 1 aromatic heterocycles. The number of thiophene rings is 1. The molecule has 0 aliphatic heterocycles. The average Bonchev–Trinajstić information content (AvgIpc) is 2.77. The fourth-order valence-electron chi connectivity index (χ4n) is 1.65. The fraction of sp³-hybridized carbons (Fsp3) is 0.214. The molecule has 1 aromatic carbocycles. The molecule has 2 rings (SSSR count). The minimum Gasteiger partial charge on any atom is -0.481 e. The first-order valence-electron chi connectivity index (χ1n) is 5.84. The highest BCUT2D eigenvalue weighted by molar-refractivity contribution is 7.12. The van der Waals surface area contributed by atoms with E-state index in [1.807, 2.05) is 37.3 Å². The van der Waals surface area contributed by atoms with E-state index in [-0.39, 0.29) is 6.42 Å². The van der Waals surface area contributed by atoms with Gasteiger partial charge in [-0.25, -0.2) is 0 Å². The summed E-state index contributed by atoms with van der Waals surface area (Å²) in [5, 5.41) is 12.7. The van der Waals surface area contributed by atoms with Gasteiger partial charge in [0.25, 0.3) is 0 Å². The summed E-state index contributed by atoms with van der Waals surface area (Å²) in [6, 6.07) is 9.65. The maximum atomic E-state index is 10.6. The van der Waals surface area contributed by atoms with Crippen LogP contribution in [0.15, 0.2) is 30.3 Å². The number of halogens is 1. The summed E-state index contributed by atoms with van der Waals surface area (Å²) < 4.78 is 0. The zero-order valence-electron chi connectivity index (χ0n) is 10.4. The summed E-state index contributed by atoms with van der Waals surface area (Å²) in [4.78, 5) is 12.6. The average molecular weight is 296 g/mol. The van der Waals surface area contributed by atoms with Gasteiger partial charge in [-0.3, -0.25) is 4.79 Å². The molecule has 0 saturated carbocycles. The first-order valence-corrected chi connectivity index (χ1v) is 7.03. The zero-order valence-corrected chi connectivity index (χ0v) is 12.0. The number of aryl methyl sites for hydroxylation is 1. The van der Waals surface area contributed by atoms with Crippen LogP contribution in [-0.2, 0) is 17.8 Å². The minimum absolute atomic E-state index is 0.0844. The van der Waals surface area contributed by atoms with Crippen LogP contribution in [0.5, 0.6) is 0 Å². The summed E-state index contributed by atoms with van der Waals surface area (Å²) in [7, 11) is 0. The Kier molecular flexibility index (Phi) is 4.45. The quantitative estimate of drug-likeness (QED) is 0.878. The molecule has 100 valence electrons. The van der Waals surface area contributed by atoms with E-state index in [0.717, 1.165) is 26.0 Å². The highest BCUT2D eigenvalue weighted by Gasteiger charge is 2.05. The van der Waals surface area contributed by atoms with Crippen molar-refractivity contribution in [1.82, 2.24) is 0 Å². The van der Waals surface area contributed by atoms with E-state index in [9.17, 15) is 4.79 Å². The number of rotatable bonds is 5. The fourth-order valence-corrected chi connectivity index (χ4v) is 2.78. The largest absolute Gasteiger partial charge is 0.481 e. The maximum Gasteiger partial charge on any atom is 0.308 e. The van der Waals surface area contributed by atoms with Crippen LogP contribution in [-0.4, -0.2) is 11.1 Å². The van der Waals surface area contributed by atoms with Crippen LogP contribution in [0, 0.1) is 6.92 Å². The monoisotopic (exact) mass is 295 g/mol. The van der Waals surface area contributed by atoms with Crippen molar-refractivity contribution in [3.63, 3.8) is 0 Å². The molecule has 2 N–H and O–H groups in total. The third kappa shape index (κ3) is 3.98. The van der Waals surface area contributed by atoms with E-state index in [1.165, 1.54) is 11.3 Å². The molecule has 0 fully saturated rings. The van der Waals surface area contributed by atoms with Gasteiger partial charge in [-0.05, 0) is 36.8 Å². The van der Waals surface area contributed by atoms with E-state index in [0.29, 0.717) is 6.54 Å². The molecule has 1 heterocycles. The van der Waals surface area contributed by atoms with Crippen LogP contribution >= 0.6 is 22.9 Å². The predicted octanol–water partition coefficient (Wildman–Crippen LogP) is 3.95. The lowest BCUT2D eigenvalue weighted by Gasteiger charge is -2.06. The van der Waals surface area contributed by atoms with E-state index in [1.54, 1.807) is 0 Å². The number of anilines is 1. The first-order chi connectivity index (χ1) is 9.04. The Hall–Kier alpha value is -1.52. The summed E-state index contributed by atoms with van der Waals surface area (Å²) >= 11 is 7.57. The van der Waals surface area contributed by atoms with E-state index in [4.69, 9.17) is 16.7 Å². The van der Waals surface area contributed by atoms with Gasteiger partial charge in [0.05, 0.1) is 6.42 Å². The van der Waals surface area contributed by atoms with Gasteiger partial charge >= 0.3 is 5.97 Å². The number of carbonyl (C=O) groups is 1. The van der Waals surface area contributed by atoms with Crippen LogP contribution in [0.25, 0.3) is 0 Å². The molecule has 0 saturated heterocycles. The van der Waals surface area contributed by atoms with Gasteiger partial charge in [-0.1, -0.05) is 17.7 Å². The smallest absolute Gasteiger partial charge is 0.308 e. The molecule has 0 aliphatic rings. The molecule has 0 radical (unpaired) electrons. The Bertz CT molecular complexity index is 595. The van der Waals surface area contributed by atoms with Crippen LogP contribution < -0.4 is 5.32 Å². The van der Waals surface area contributed by atoms with Gasteiger partial charge in [-0.2, -0.15) is 0 Å². The number of nitrogens with one attached hydrogen (secondary N) is 1. The summed E-state index contributed by atoms with van der Waals surface area (Å²) in [5.41, 5.74) is 2.01. The lowest BCUT2D eigenvalue weighted by atomic mass is 10.2. The second kappa shape index (κ2) is 6.08. The number of aliphatic carboxylic acids is 1. The molecule has 0 bridgehead atoms. The van der Waals surface area contributed by atoms with Crippen molar-refractivity contribution in [2.75, 3.05) is 5.32 Å². The molecule has 0 amide bonds. The third-order valence-corrected chi connectivity index (χ3v) is 4.17. The van der Waals surface area contributed by atoms with Crippen LogP contribution in [0.1, 0.15) is 15.3 Å². The number of carboxylic acid groups (broad SMARTS) is 1. The molecule has 0 unspecified atom stereocenters. The second-order valence-corrected chi connectivity index (χ2v) is 5.92. The summed E-state index contributed by atoms with van der Waals surface area (Å²) in [6.45, 7) is 2.63. The Morgan fingerprint density at radius 1 is 1.32 bits per heavy atom. The normalized spacial score (nSPS) is 10.4. The highest BCUT2D eigenvalue weighted by atomic mass is 35.5. The number of carboxylic acids is 1. The van der Waals surface area contributed by atoms with Crippen molar-refractivity contribution in [2.45, 2.75) is 19.9 Å². The molecular weight excluding hydrogens is 282 g/mol. The summed E-state index contributed by atoms with van der Waals surface area (Å²) in [6.07, 6.45) is 0.0844. The van der Waals surface area contributed by atoms with E-state index in [2.05, 4.69) is 5.32 Å². The molecular formula is C14H14ClNO2S. The van der Waals surface area contributed by atoms with Crippen molar-refractivity contribution >= 4 is 34.6 Å². The van der Waals surface area contributed by atoms with E-state index >= 15 is 0 Å². The predicted molar refractivity (Wildman–Crippen MR) is 79.2 cm³/mol. The Balaban J connectivity index is 1.96. The van der Waals surface area contributed by atoms with Crippen molar-refractivity contribution < 1.29 is 9.90 Å². The zero-order chi connectivity index (χ0) is 13.8. The van der Waals surface area contributed by atoms with Gasteiger partial charge in [-0.15, -0.1) is 11.3 Å². The van der Waals surface area contributed by atoms with E-state index < -0.39 is 5.97 Å². The van der Waals surface area contributed by atoms with Crippen LogP contribution in [0.3, 0.4) is 0 Å². The standard InChI is InChI=1S/C14H14ClNO2S/c1-9-2-3-10(6-13(9)15)16-8-12-5-4-11(19-12)7-14(17)18/h2-6,16H,7-8H2,1H3,(H,17,18). The maximum absolute atomic E-state index is 10.6. The topological polar surface area (TPSA) is 49.3 Å². The molecule has 0 aliphatic carbocycles. The Labute approximate surface area is 120 Å². The Morgan fingerprint density at radius 3 is 2.74 bits per heavy atom. The number of benzene rings is 1. The lowest BCUT2D eigenvalue weighted by molar-refractivity contribution is -0.136. The summed E-state index contributed by atoms with van der Waals surface area (Å²) in [5.74, 6) is -0.799. The van der Waals surface area contributed by atoms with Crippen molar-refractivity contribution in [2.24, 2.45) is 0 Å². The number of hydrogen-bond donors (Lipinski definition) is 2. The molecule has 2 aromatic rings. The van der Waals surface area contributed by atoms with Crippen LogP contribution in [0.4, 0.5) is 5.69 Å². The molecule has 0 atom stereocenters. The van der Waals surface area contributed by atoms with Gasteiger partial charge in [0.2, 0.25) is 0 Å². The molecule has 0 spiro atoms. The van der Waals surface area contributed by atoms with Gasteiger partial charge in [0.15, 0.2) is 0 Å². The SMILES string of the molecule is Cc1ccc(NCc2ccc(CC(=O)O)s2)cc1Cl. The van der Waals surface area contributed by atoms with Gasteiger partial charge < -0.3 is 10.4 Å².